The molecule has 4 heteroatoms. The largest absolute Gasteiger partial charge is 0.381 e. The van der Waals surface area contributed by atoms with Gasteiger partial charge >= 0.3 is 0 Å². The summed E-state index contributed by atoms with van der Waals surface area (Å²) in [5, 5.41) is 2.37. The molecule has 134 valence electrons. The van der Waals surface area contributed by atoms with Crippen LogP contribution in [0.15, 0.2) is 42.5 Å². The number of likely N-dealkylation sites (N-methyl/N-ethyl adjacent to an activating group) is 1. The van der Waals surface area contributed by atoms with Crippen LogP contribution >= 0.6 is 0 Å². The van der Waals surface area contributed by atoms with Crippen molar-refractivity contribution in [2.24, 2.45) is 0 Å². The SMILES string of the molecule is CN(C)CCN(C(=O)Cc1cccc2ccccc12)C1CCOCC1. The predicted octanol–water partition coefficient (Wildman–Crippen LogP) is 2.95. The number of hydrogen-bond donors (Lipinski definition) is 0. The Balaban J connectivity index is 1.78. The first-order chi connectivity index (χ1) is 12.1. The molecule has 1 heterocycles. The molecule has 25 heavy (non-hydrogen) atoms. The van der Waals surface area contributed by atoms with Crippen LogP contribution in [0, 0.1) is 0 Å². The second-order valence-electron chi connectivity index (χ2n) is 7.05. The number of nitrogens with zero attached hydrogens (tertiary/aromatic N) is 2. The van der Waals surface area contributed by atoms with Crippen molar-refractivity contribution in [3.05, 3.63) is 48.0 Å². The molecule has 0 N–H and O–H groups in total. The monoisotopic (exact) mass is 340 g/mol. The summed E-state index contributed by atoms with van der Waals surface area (Å²) >= 11 is 0. The molecule has 0 bridgehead atoms. The smallest absolute Gasteiger partial charge is 0.227 e. The topological polar surface area (TPSA) is 32.8 Å². The second-order valence-corrected chi connectivity index (χ2v) is 7.05. The molecule has 0 unspecified atom stereocenters. The van der Waals surface area contributed by atoms with Crippen LogP contribution in [0.4, 0.5) is 0 Å². The van der Waals surface area contributed by atoms with Crippen LogP contribution in [-0.2, 0) is 16.0 Å². The fourth-order valence-corrected chi connectivity index (χ4v) is 3.53. The van der Waals surface area contributed by atoms with Gasteiger partial charge in [0.25, 0.3) is 0 Å². The van der Waals surface area contributed by atoms with E-state index in [-0.39, 0.29) is 5.91 Å². The lowest BCUT2D eigenvalue weighted by Gasteiger charge is -2.35. The summed E-state index contributed by atoms with van der Waals surface area (Å²) in [6, 6.07) is 14.8. The van der Waals surface area contributed by atoms with Crippen LogP contribution in [0.3, 0.4) is 0 Å². The predicted molar refractivity (Wildman–Crippen MR) is 102 cm³/mol. The molecule has 0 spiro atoms. The highest BCUT2D eigenvalue weighted by Crippen LogP contribution is 2.21. The van der Waals surface area contributed by atoms with Crippen molar-refractivity contribution in [3.8, 4) is 0 Å². The Morgan fingerprint density at radius 2 is 1.76 bits per heavy atom. The first kappa shape index (κ1) is 17.9. The summed E-state index contributed by atoms with van der Waals surface area (Å²) in [6.45, 7) is 3.18. The van der Waals surface area contributed by atoms with E-state index in [1.54, 1.807) is 0 Å². The maximum absolute atomic E-state index is 13.1. The first-order valence-electron chi connectivity index (χ1n) is 9.14. The summed E-state index contributed by atoms with van der Waals surface area (Å²) in [4.78, 5) is 17.4. The molecule has 4 nitrogen and oxygen atoms in total. The summed E-state index contributed by atoms with van der Waals surface area (Å²) in [7, 11) is 4.11. The Bertz CT molecular complexity index is 703. The fourth-order valence-electron chi connectivity index (χ4n) is 3.53. The molecule has 1 aliphatic heterocycles. The van der Waals surface area contributed by atoms with Gasteiger partial charge in [-0.2, -0.15) is 0 Å². The average Bonchev–Trinajstić information content (AvgIpc) is 2.63. The second kappa shape index (κ2) is 8.45. The molecule has 0 atom stereocenters. The molecule has 1 saturated heterocycles. The van der Waals surface area contributed by atoms with Crippen molar-refractivity contribution in [2.75, 3.05) is 40.4 Å². The molecule has 1 fully saturated rings. The Morgan fingerprint density at radius 3 is 2.52 bits per heavy atom. The van der Waals surface area contributed by atoms with E-state index in [2.05, 4.69) is 48.2 Å². The Hall–Kier alpha value is -1.91. The third-order valence-electron chi connectivity index (χ3n) is 4.96. The number of carbonyl (C=O) groups excluding carboxylic acids is 1. The number of ether oxygens (including phenoxy) is 1. The third-order valence-corrected chi connectivity index (χ3v) is 4.96. The van der Waals surface area contributed by atoms with E-state index in [4.69, 9.17) is 4.74 Å². The fraction of sp³-hybridized carbons (Fsp3) is 0.476. The Kier molecular flexibility index (Phi) is 6.05. The maximum atomic E-state index is 13.1. The van der Waals surface area contributed by atoms with E-state index < -0.39 is 0 Å². The Morgan fingerprint density at radius 1 is 1.04 bits per heavy atom. The van der Waals surface area contributed by atoms with E-state index in [1.807, 2.05) is 18.2 Å². The summed E-state index contributed by atoms with van der Waals surface area (Å²) < 4.78 is 5.48. The van der Waals surface area contributed by atoms with E-state index >= 15 is 0 Å². The van der Waals surface area contributed by atoms with Gasteiger partial charge in [-0.3, -0.25) is 4.79 Å². The molecule has 0 saturated carbocycles. The number of amides is 1. The Labute approximate surface area is 150 Å². The van der Waals surface area contributed by atoms with E-state index in [0.717, 1.165) is 44.7 Å². The number of benzene rings is 2. The lowest BCUT2D eigenvalue weighted by molar-refractivity contribution is -0.134. The highest BCUT2D eigenvalue weighted by Gasteiger charge is 2.26. The highest BCUT2D eigenvalue weighted by molar-refractivity contribution is 5.90. The molecule has 1 amide bonds. The van der Waals surface area contributed by atoms with Crippen molar-refractivity contribution < 1.29 is 9.53 Å². The van der Waals surface area contributed by atoms with Gasteiger partial charge in [0.15, 0.2) is 0 Å². The van der Waals surface area contributed by atoms with Gasteiger partial charge < -0.3 is 14.5 Å². The van der Waals surface area contributed by atoms with Crippen LogP contribution in [0.1, 0.15) is 18.4 Å². The molecule has 0 aromatic heterocycles. The highest BCUT2D eigenvalue weighted by atomic mass is 16.5. The van der Waals surface area contributed by atoms with Crippen LogP contribution in [0.2, 0.25) is 0 Å². The maximum Gasteiger partial charge on any atom is 0.227 e. The minimum atomic E-state index is 0.227. The van der Waals surface area contributed by atoms with Crippen LogP contribution in [0.5, 0.6) is 0 Å². The number of fused-ring (bicyclic) bond motifs is 1. The van der Waals surface area contributed by atoms with Crippen molar-refractivity contribution >= 4 is 16.7 Å². The van der Waals surface area contributed by atoms with Gasteiger partial charge in [0.2, 0.25) is 5.91 Å². The third kappa shape index (κ3) is 4.59. The normalized spacial score (nSPS) is 15.6. The van der Waals surface area contributed by atoms with Gasteiger partial charge in [0, 0.05) is 32.3 Å². The average molecular weight is 340 g/mol. The van der Waals surface area contributed by atoms with Crippen molar-refractivity contribution in [2.45, 2.75) is 25.3 Å². The number of carbonyl (C=O) groups is 1. The van der Waals surface area contributed by atoms with Crippen molar-refractivity contribution in [1.82, 2.24) is 9.80 Å². The number of rotatable bonds is 6. The van der Waals surface area contributed by atoms with Gasteiger partial charge in [-0.1, -0.05) is 42.5 Å². The minimum Gasteiger partial charge on any atom is -0.381 e. The summed E-state index contributed by atoms with van der Waals surface area (Å²) in [6.07, 6.45) is 2.34. The molecular weight excluding hydrogens is 312 g/mol. The van der Waals surface area contributed by atoms with Crippen LogP contribution in [-0.4, -0.2) is 62.1 Å². The lowest BCUT2D eigenvalue weighted by atomic mass is 10.0. The minimum absolute atomic E-state index is 0.227. The lowest BCUT2D eigenvalue weighted by Crippen LogP contribution is -2.46. The molecule has 0 aliphatic carbocycles. The summed E-state index contributed by atoms with van der Waals surface area (Å²) in [5.74, 6) is 0.227. The van der Waals surface area contributed by atoms with Gasteiger partial charge in [-0.15, -0.1) is 0 Å². The van der Waals surface area contributed by atoms with Gasteiger partial charge in [0.1, 0.15) is 0 Å². The molecule has 1 aliphatic rings. The van der Waals surface area contributed by atoms with E-state index in [1.165, 1.54) is 10.8 Å². The van der Waals surface area contributed by atoms with Crippen molar-refractivity contribution in [3.63, 3.8) is 0 Å². The van der Waals surface area contributed by atoms with Crippen molar-refractivity contribution in [1.29, 1.82) is 0 Å². The quantitative estimate of drug-likeness (QED) is 0.810. The van der Waals surface area contributed by atoms with Crippen LogP contribution in [0.25, 0.3) is 10.8 Å². The van der Waals surface area contributed by atoms with E-state index in [9.17, 15) is 4.79 Å². The zero-order chi connectivity index (χ0) is 17.6. The first-order valence-corrected chi connectivity index (χ1v) is 9.14. The molecule has 3 rings (SSSR count). The summed E-state index contributed by atoms with van der Waals surface area (Å²) in [5.41, 5.74) is 1.12. The zero-order valence-electron chi connectivity index (χ0n) is 15.3. The van der Waals surface area contributed by atoms with E-state index in [0.29, 0.717) is 12.5 Å². The molecule has 2 aromatic carbocycles. The van der Waals surface area contributed by atoms with Gasteiger partial charge in [0.05, 0.1) is 6.42 Å². The molecule has 2 aromatic rings. The molecule has 0 radical (unpaired) electrons. The van der Waals surface area contributed by atoms with Gasteiger partial charge in [-0.25, -0.2) is 0 Å². The van der Waals surface area contributed by atoms with Gasteiger partial charge in [-0.05, 0) is 43.3 Å². The standard InChI is InChI=1S/C21H28N2O2/c1-22(2)12-13-23(19-10-14-25-15-11-19)21(24)16-18-8-5-7-17-6-3-4-9-20(17)18/h3-9,19H,10-16H2,1-2H3. The zero-order valence-corrected chi connectivity index (χ0v) is 15.3. The number of hydrogen-bond acceptors (Lipinski definition) is 3. The van der Waals surface area contributed by atoms with Crippen LogP contribution < -0.4 is 0 Å². The molecular formula is C21H28N2O2.